The van der Waals surface area contributed by atoms with Crippen molar-refractivity contribution >= 4 is 11.7 Å². The Hall–Kier alpha value is -2.30. The molecule has 2 rings (SSSR count). The summed E-state index contributed by atoms with van der Waals surface area (Å²) in [5, 5.41) is 12.3. The first kappa shape index (κ1) is 12.2. The summed E-state index contributed by atoms with van der Waals surface area (Å²) in [6, 6.07) is 9.39. The van der Waals surface area contributed by atoms with Crippen LogP contribution in [0.4, 0.5) is 10.5 Å². The Kier molecular flexibility index (Phi) is 3.62. The number of aromatic amines is 1. The van der Waals surface area contributed by atoms with Crippen molar-refractivity contribution in [2.75, 3.05) is 5.32 Å². The number of carbonyl (C=O) groups is 1. The highest BCUT2D eigenvalue weighted by Gasteiger charge is 2.03. The lowest BCUT2D eigenvalue weighted by atomic mass is 10.1. The first-order chi connectivity index (χ1) is 8.65. The van der Waals surface area contributed by atoms with Crippen LogP contribution >= 0.6 is 0 Å². The van der Waals surface area contributed by atoms with E-state index in [1.807, 2.05) is 44.2 Å². The number of aromatic nitrogens is 2. The zero-order valence-electron chi connectivity index (χ0n) is 10.4. The van der Waals surface area contributed by atoms with Crippen LogP contribution in [0.2, 0.25) is 0 Å². The normalized spacial score (nSPS) is 10.4. The van der Waals surface area contributed by atoms with Crippen molar-refractivity contribution in [1.29, 1.82) is 0 Å². The molecule has 0 aliphatic carbocycles. The Balaban J connectivity index is 2.02. The average Bonchev–Trinajstić information content (AvgIpc) is 2.82. The summed E-state index contributed by atoms with van der Waals surface area (Å²) < 4.78 is 0. The van der Waals surface area contributed by atoms with Gasteiger partial charge in [0.1, 0.15) is 0 Å². The van der Waals surface area contributed by atoms with E-state index in [1.165, 1.54) is 0 Å². The van der Waals surface area contributed by atoms with Crippen molar-refractivity contribution < 1.29 is 4.79 Å². The van der Waals surface area contributed by atoms with Gasteiger partial charge in [0.05, 0.1) is 5.69 Å². The Labute approximate surface area is 106 Å². The predicted octanol–water partition coefficient (Wildman–Crippen LogP) is 2.61. The van der Waals surface area contributed by atoms with E-state index < -0.39 is 0 Å². The molecule has 3 N–H and O–H groups in total. The van der Waals surface area contributed by atoms with E-state index >= 15 is 0 Å². The molecule has 0 saturated heterocycles. The van der Waals surface area contributed by atoms with Crippen LogP contribution in [0.5, 0.6) is 0 Å². The maximum Gasteiger partial charge on any atom is 0.319 e. The minimum Gasteiger partial charge on any atom is -0.336 e. The summed E-state index contributed by atoms with van der Waals surface area (Å²) in [6.07, 6.45) is 1.71. The number of anilines is 1. The summed E-state index contributed by atoms with van der Waals surface area (Å²) in [5.41, 5.74) is 2.74. The Morgan fingerprint density at radius 2 is 1.94 bits per heavy atom. The molecule has 0 saturated carbocycles. The number of nitrogens with zero attached hydrogens (tertiary/aromatic N) is 1. The Morgan fingerprint density at radius 1 is 1.22 bits per heavy atom. The molecular formula is C13H16N4O. The fraction of sp³-hybridized carbons (Fsp3) is 0.231. The summed E-state index contributed by atoms with van der Waals surface area (Å²) in [4.78, 5) is 11.5. The molecule has 0 radical (unpaired) electrons. The smallest absolute Gasteiger partial charge is 0.319 e. The van der Waals surface area contributed by atoms with Crippen molar-refractivity contribution in [3.63, 3.8) is 0 Å². The van der Waals surface area contributed by atoms with Crippen LogP contribution in [-0.4, -0.2) is 22.3 Å². The van der Waals surface area contributed by atoms with Crippen LogP contribution in [0, 0.1) is 0 Å². The summed E-state index contributed by atoms with van der Waals surface area (Å²) in [7, 11) is 0. The summed E-state index contributed by atoms with van der Waals surface area (Å²) in [5.74, 6) is 0. The molecular weight excluding hydrogens is 228 g/mol. The number of H-pyrrole nitrogens is 1. The molecule has 0 aliphatic rings. The molecule has 18 heavy (non-hydrogen) atoms. The standard InChI is InChI=1S/C13H16N4O/c1-9(2)15-13(18)16-11-5-3-10(4-6-11)12-7-8-14-17-12/h3-9H,1-2H3,(H,14,17)(H2,15,16,18). The minimum absolute atomic E-state index is 0.120. The van der Waals surface area contributed by atoms with Gasteiger partial charge in [0.15, 0.2) is 0 Å². The highest BCUT2D eigenvalue weighted by atomic mass is 16.2. The molecule has 94 valence electrons. The number of hydrogen-bond acceptors (Lipinski definition) is 2. The molecule has 0 fully saturated rings. The average molecular weight is 244 g/mol. The van der Waals surface area contributed by atoms with Crippen molar-refractivity contribution in [2.24, 2.45) is 0 Å². The minimum atomic E-state index is -0.195. The second-order valence-corrected chi connectivity index (χ2v) is 4.30. The summed E-state index contributed by atoms with van der Waals surface area (Å²) in [6.45, 7) is 3.84. The van der Waals surface area contributed by atoms with Crippen LogP contribution in [0.15, 0.2) is 36.5 Å². The van der Waals surface area contributed by atoms with Gasteiger partial charge in [-0.05, 0) is 37.6 Å². The molecule has 0 unspecified atom stereocenters. The second-order valence-electron chi connectivity index (χ2n) is 4.30. The molecule has 2 aromatic rings. The van der Waals surface area contributed by atoms with E-state index in [4.69, 9.17) is 0 Å². The number of carbonyl (C=O) groups excluding carboxylic acids is 1. The lowest BCUT2D eigenvalue weighted by molar-refractivity contribution is 0.250. The largest absolute Gasteiger partial charge is 0.336 e. The Bertz CT molecular complexity index is 502. The SMILES string of the molecule is CC(C)NC(=O)Nc1ccc(-c2ccn[nH]2)cc1. The first-order valence-corrected chi connectivity index (χ1v) is 5.82. The second kappa shape index (κ2) is 5.35. The van der Waals surface area contributed by atoms with Gasteiger partial charge in [-0.15, -0.1) is 0 Å². The van der Waals surface area contributed by atoms with Gasteiger partial charge in [-0.25, -0.2) is 4.79 Å². The van der Waals surface area contributed by atoms with E-state index in [0.717, 1.165) is 16.9 Å². The fourth-order valence-electron chi connectivity index (χ4n) is 1.58. The number of amides is 2. The quantitative estimate of drug-likeness (QED) is 0.776. The van der Waals surface area contributed by atoms with Crippen molar-refractivity contribution in [1.82, 2.24) is 15.5 Å². The van der Waals surface area contributed by atoms with Gasteiger partial charge in [-0.3, -0.25) is 5.10 Å². The lowest BCUT2D eigenvalue weighted by Crippen LogP contribution is -2.34. The number of hydrogen-bond donors (Lipinski definition) is 3. The third-order valence-corrected chi connectivity index (χ3v) is 2.37. The molecule has 0 spiro atoms. The zero-order chi connectivity index (χ0) is 13.0. The highest BCUT2D eigenvalue weighted by Crippen LogP contribution is 2.18. The van der Waals surface area contributed by atoms with Crippen LogP contribution in [0.1, 0.15) is 13.8 Å². The van der Waals surface area contributed by atoms with Crippen molar-refractivity contribution in [3.8, 4) is 11.3 Å². The molecule has 2 amide bonds. The molecule has 1 aromatic heterocycles. The maximum atomic E-state index is 11.5. The van der Waals surface area contributed by atoms with Gasteiger partial charge in [0, 0.05) is 17.9 Å². The predicted molar refractivity (Wildman–Crippen MR) is 71.3 cm³/mol. The van der Waals surface area contributed by atoms with Gasteiger partial charge < -0.3 is 10.6 Å². The topological polar surface area (TPSA) is 69.8 Å². The van der Waals surface area contributed by atoms with Crippen molar-refractivity contribution in [3.05, 3.63) is 36.5 Å². The van der Waals surface area contributed by atoms with Gasteiger partial charge >= 0.3 is 6.03 Å². The van der Waals surface area contributed by atoms with Gasteiger partial charge in [-0.1, -0.05) is 12.1 Å². The highest BCUT2D eigenvalue weighted by molar-refractivity contribution is 5.89. The van der Waals surface area contributed by atoms with Crippen molar-refractivity contribution in [2.45, 2.75) is 19.9 Å². The third kappa shape index (κ3) is 3.10. The molecule has 0 aliphatic heterocycles. The van der Waals surface area contributed by atoms with Crippen LogP contribution < -0.4 is 10.6 Å². The number of urea groups is 1. The monoisotopic (exact) mass is 244 g/mol. The van der Waals surface area contributed by atoms with E-state index in [1.54, 1.807) is 6.20 Å². The van der Waals surface area contributed by atoms with Crippen LogP contribution in [0.3, 0.4) is 0 Å². The number of rotatable bonds is 3. The van der Waals surface area contributed by atoms with Crippen LogP contribution in [-0.2, 0) is 0 Å². The maximum absolute atomic E-state index is 11.5. The van der Waals surface area contributed by atoms with E-state index in [2.05, 4.69) is 20.8 Å². The first-order valence-electron chi connectivity index (χ1n) is 5.82. The fourth-order valence-corrected chi connectivity index (χ4v) is 1.58. The zero-order valence-corrected chi connectivity index (χ0v) is 10.4. The molecule has 0 bridgehead atoms. The molecule has 1 aromatic carbocycles. The molecule has 5 heteroatoms. The van der Waals surface area contributed by atoms with Gasteiger partial charge in [0.25, 0.3) is 0 Å². The van der Waals surface area contributed by atoms with Crippen LogP contribution in [0.25, 0.3) is 11.3 Å². The molecule has 5 nitrogen and oxygen atoms in total. The van der Waals surface area contributed by atoms with Gasteiger partial charge in [0.2, 0.25) is 0 Å². The third-order valence-electron chi connectivity index (χ3n) is 2.37. The van der Waals surface area contributed by atoms with E-state index in [-0.39, 0.29) is 12.1 Å². The Morgan fingerprint density at radius 3 is 2.50 bits per heavy atom. The van der Waals surface area contributed by atoms with E-state index in [9.17, 15) is 4.79 Å². The van der Waals surface area contributed by atoms with Gasteiger partial charge in [-0.2, -0.15) is 5.10 Å². The lowest BCUT2D eigenvalue weighted by Gasteiger charge is -2.10. The summed E-state index contributed by atoms with van der Waals surface area (Å²) >= 11 is 0. The number of nitrogens with one attached hydrogen (secondary N) is 3. The van der Waals surface area contributed by atoms with E-state index in [0.29, 0.717) is 0 Å². The molecule has 0 atom stereocenters. The molecule has 1 heterocycles. The number of benzene rings is 1.